The topological polar surface area (TPSA) is 75.6 Å². The van der Waals surface area contributed by atoms with Gasteiger partial charge in [0, 0.05) is 19.0 Å². The van der Waals surface area contributed by atoms with Crippen molar-refractivity contribution in [3.8, 4) is 17.6 Å². The maximum Gasteiger partial charge on any atom is 0.227 e. The van der Waals surface area contributed by atoms with Crippen LogP contribution in [0.25, 0.3) is 11.5 Å². The van der Waals surface area contributed by atoms with E-state index >= 15 is 0 Å². The molecule has 0 atom stereocenters. The molecule has 0 saturated heterocycles. The number of aryl methyl sites for hydroxylation is 1. The molecule has 0 unspecified atom stereocenters. The molecule has 0 fully saturated rings. The second-order valence-corrected chi connectivity index (χ2v) is 3.24. The molecule has 2 heterocycles. The molecular formula is C11H10N4O. The molecule has 0 aliphatic rings. The highest BCUT2D eigenvalue weighted by molar-refractivity contribution is 5.46. The van der Waals surface area contributed by atoms with E-state index in [0.29, 0.717) is 30.3 Å². The van der Waals surface area contributed by atoms with E-state index in [1.807, 2.05) is 18.2 Å². The van der Waals surface area contributed by atoms with Gasteiger partial charge in [0.05, 0.1) is 6.07 Å². The Balaban J connectivity index is 2.06. The Morgan fingerprint density at radius 2 is 2.31 bits per heavy atom. The van der Waals surface area contributed by atoms with Crippen molar-refractivity contribution in [2.24, 2.45) is 0 Å². The van der Waals surface area contributed by atoms with Crippen LogP contribution in [0.5, 0.6) is 0 Å². The third kappa shape index (κ3) is 2.42. The van der Waals surface area contributed by atoms with Crippen LogP contribution in [0.2, 0.25) is 0 Å². The number of aromatic nitrogens is 3. The summed E-state index contributed by atoms with van der Waals surface area (Å²) in [6, 6.07) is 7.60. The molecule has 0 N–H and O–H groups in total. The number of hydrogen-bond donors (Lipinski definition) is 0. The fourth-order valence-electron chi connectivity index (χ4n) is 1.27. The van der Waals surface area contributed by atoms with Gasteiger partial charge in [-0.15, -0.1) is 0 Å². The summed E-state index contributed by atoms with van der Waals surface area (Å²) < 4.78 is 5.06. The molecule has 0 spiro atoms. The molecule has 0 aliphatic heterocycles. The van der Waals surface area contributed by atoms with Gasteiger partial charge < -0.3 is 4.52 Å². The lowest BCUT2D eigenvalue weighted by Gasteiger charge is -1.89. The Bertz CT molecular complexity index is 486. The lowest BCUT2D eigenvalue weighted by molar-refractivity contribution is 0.376. The van der Waals surface area contributed by atoms with E-state index in [4.69, 9.17) is 9.78 Å². The first-order chi connectivity index (χ1) is 7.90. The zero-order valence-corrected chi connectivity index (χ0v) is 8.63. The van der Waals surface area contributed by atoms with Crippen molar-refractivity contribution in [2.45, 2.75) is 19.3 Å². The lowest BCUT2D eigenvalue weighted by Crippen LogP contribution is -1.86. The SMILES string of the molecule is N#CCCCc1nc(-c2ccccn2)no1. The van der Waals surface area contributed by atoms with Crippen LogP contribution in [0, 0.1) is 11.3 Å². The van der Waals surface area contributed by atoms with Crippen molar-refractivity contribution in [1.82, 2.24) is 15.1 Å². The summed E-state index contributed by atoms with van der Waals surface area (Å²) in [6.07, 6.45) is 3.55. The normalized spacial score (nSPS) is 9.94. The fourth-order valence-corrected chi connectivity index (χ4v) is 1.27. The molecule has 80 valence electrons. The van der Waals surface area contributed by atoms with Crippen molar-refractivity contribution in [3.63, 3.8) is 0 Å². The fraction of sp³-hybridized carbons (Fsp3) is 0.273. The number of rotatable bonds is 4. The van der Waals surface area contributed by atoms with Crippen molar-refractivity contribution in [3.05, 3.63) is 30.3 Å². The molecule has 0 amide bonds. The number of nitriles is 1. The maximum absolute atomic E-state index is 8.40. The van der Waals surface area contributed by atoms with Crippen LogP contribution < -0.4 is 0 Å². The van der Waals surface area contributed by atoms with Gasteiger partial charge in [0.15, 0.2) is 0 Å². The van der Waals surface area contributed by atoms with Crippen molar-refractivity contribution in [1.29, 1.82) is 5.26 Å². The summed E-state index contributed by atoms with van der Waals surface area (Å²) in [5.74, 6) is 1.04. The summed E-state index contributed by atoms with van der Waals surface area (Å²) >= 11 is 0. The van der Waals surface area contributed by atoms with Crippen LogP contribution >= 0.6 is 0 Å². The number of hydrogen-bond acceptors (Lipinski definition) is 5. The summed E-state index contributed by atoms with van der Waals surface area (Å²) in [7, 11) is 0. The quantitative estimate of drug-likeness (QED) is 0.727. The predicted molar refractivity (Wildman–Crippen MR) is 56.1 cm³/mol. The van der Waals surface area contributed by atoms with Crippen molar-refractivity contribution >= 4 is 0 Å². The highest BCUT2D eigenvalue weighted by Crippen LogP contribution is 2.12. The largest absolute Gasteiger partial charge is 0.339 e. The van der Waals surface area contributed by atoms with Crippen molar-refractivity contribution in [2.75, 3.05) is 0 Å². The van der Waals surface area contributed by atoms with E-state index in [1.165, 1.54) is 0 Å². The van der Waals surface area contributed by atoms with Gasteiger partial charge in [-0.05, 0) is 18.6 Å². The first kappa shape index (κ1) is 10.3. The third-order valence-electron chi connectivity index (χ3n) is 2.04. The number of nitrogens with zero attached hydrogens (tertiary/aromatic N) is 4. The Kier molecular flexibility index (Phi) is 3.24. The Labute approximate surface area is 92.7 Å². The molecule has 0 aromatic carbocycles. The van der Waals surface area contributed by atoms with E-state index < -0.39 is 0 Å². The Hall–Kier alpha value is -2.22. The van der Waals surface area contributed by atoms with Crippen LogP contribution in [-0.2, 0) is 6.42 Å². The molecule has 5 heteroatoms. The summed E-state index contributed by atoms with van der Waals surface area (Å²) in [6.45, 7) is 0. The molecule has 2 aromatic rings. The first-order valence-corrected chi connectivity index (χ1v) is 5.01. The average Bonchev–Trinajstić information content (AvgIpc) is 2.79. The lowest BCUT2D eigenvalue weighted by atomic mass is 10.2. The van der Waals surface area contributed by atoms with Gasteiger partial charge in [0.2, 0.25) is 11.7 Å². The third-order valence-corrected chi connectivity index (χ3v) is 2.04. The van der Waals surface area contributed by atoms with Gasteiger partial charge in [0.25, 0.3) is 0 Å². The van der Waals surface area contributed by atoms with Gasteiger partial charge in [-0.25, -0.2) is 0 Å². The Morgan fingerprint density at radius 3 is 3.06 bits per heavy atom. The smallest absolute Gasteiger partial charge is 0.227 e. The highest BCUT2D eigenvalue weighted by Gasteiger charge is 2.08. The van der Waals surface area contributed by atoms with Gasteiger partial charge in [-0.3, -0.25) is 4.98 Å². The van der Waals surface area contributed by atoms with E-state index in [2.05, 4.69) is 21.2 Å². The van der Waals surface area contributed by atoms with E-state index in [-0.39, 0.29) is 0 Å². The monoisotopic (exact) mass is 214 g/mol. The molecule has 2 aromatic heterocycles. The van der Waals surface area contributed by atoms with Crippen LogP contribution in [0.4, 0.5) is 0 Å². The molecule has 0 radical (unpaired) electrons. The second kappa shape index (κ2) is 5.03. The molecule has 0 aliphatic carbocycles. The minimum absolute atomic E-state index is 0.493. The van der Waals surface area contributed by atoms with Gasteiger partial charge in [-0.1, -0.05) is 11.2 Å². The van der Waals surface area contributed by atoms with Crippen LogP contribution in [-0.4, -0.2) is 15.1 Å². The average molecular weight is 214 g/mol. The minimum Gasteiger partial charge on any atom is -0.339 e. The van der Waals surface area contributed by atoms with E-state index in [0.717, 1.165) is 6.42 Å². The molecule has 0 bridgehead atoms. The standard InChI is InChI=1S/C11H10N4O/c12-7-3-1-6-10-14-11(15-16-10)9-5-2-4-8-13-9/h2,4-5,8H,1,3,6H2. The second-order valence-electron chi connectivity index (χ2n) is 3.24. The van der Waals surface area contributed by atoms with E-state index in [1.54, 1.807) is 6.20 Å². The van der Waals surface area contributed by atoms with Crippen LogP contribution in [0.15, 0.2) is 28.9 Å². The van der Waals surface area contributed by atoms with Gasteiger partial charge in [0.1, 0.15) is 5.69 Å². The zero-order chi connectivity index (χ0) is 11.2. The van der Waals surface area contributed by atoms with Crippen molar-refractivity contribution < 1.29 is 4.52 Å². The van der Waals surface area contributed by atoms with Gasteiger partial charge >= 0.3 is 0 Å². The molecular weight excluding hydrogens is 204 g/mol. The van der Waals surface area contributed by atoms with E-state index in [9.17, 15) is 0 Å². The summed E-state index contributed by atoms with van der Waals surface area (Å²) in [5, 5.41) is 12.2. The summed E-state index contributed by atoms with van der Waals surface area (Å²) in [4.78, 5) is 8.32. The predicted octanol–water partition coefficient (Wildman–Crippen LogP) is 1.98. The Morgan fingerprint density at radius 1 is 1.38 bits per heavy atom. The minimum atomic E-state index is 0.493. The molecule has 2 rings (SSSR count). The number of pyridine rings is 1. The zero-order valence-electron chi connectivity index (χ0n) is 8.63. The first-order valence-electron chi connectivity index (χ1n) is 5.01. The maximum atomic E-state index is 8.40. The summed E-state index contributed by atoms with van der Waals surface area (Å²) in [5.41, 5.74) is 0.692. The van der Waals surface area contributed by atoms with Gasteiger partial charge in [-0.2, -0.15) is 10.2 Å². The highest BCUT2D eigenvalue weighted by atomic mass is 16.5. The molecule has 16 heavy (non-hydrogen) atoms. The molecule has 0 saturated carbocycles. The van der Waals surface area contributed by atoms with Crippen LogP contribution in [0.1, 0.15) is 18.7 Å². The number of unbranched alkanes of at least 4 members (excludes halogenated alkanes) is 1. The molecule has 5 nitrogen and oxygen atoms in total. The van der Waals surface area contributed by atoms with Crippen LogP contribution in [0.3, 0.4) is 0 Å².